The molecule has 33 heavy (non-hydrogen) atoms. The molecule has 6 nitrogen and oxygen atoms in total. The summed E-state index contributed by atoms with van der Waals surface area (Å²) in [5.41, 5.74) is 4.32. The van der Waals surface area contributed by atoms with Gasteiger partial charge in [0.1, 0.15) is 11.9 Å². The number of aryl methyl sites for hydroxylation is 2. The average Bonchev–Trinajstić information content (AvgIpc) is 2.82. The largest absolute Gasteiger partial charge is 0.383 e. The standard InChI is InChI=1S/C27H34N4O2/c1-4-5-10-24(32)27(33)28-20-13-15-31(16-14-20)26-22-12-11-18(2)17-23(22)29-25(30-26)21-9-7-6-8-19(21)3/h6-9,11-12,17,20,24,32H,4-5,10,13-16H2,1-3H3,(H,28,33). The van der Waals surface area contributed by atoms with E-state index in [0.29, 0.717) is 6.42 Å². The number of fused-ring (bicyclic) bond motifs is 1. The van der Waals surface area contributed by atoms with Gasteiger partial charge in [-0.05, 0) is 56.4 Å². The van der Waals surface area contributed by atoms with Crippen LogP contribution in [-0.4, -0.2) is 46.2 Å². The number of aromatic nitrogens is 2. The third-order valence-corrected chi connectivity index (χ3v) is 6.49. The summed E-state index contributed by atoms with van der Waals surface area (Å²) < 4.78 is 0. The first kappa shape index (κ1) is 23.2. The van der Waals surface area contributed by atoms with Gasteiger partial charge in [-0.15, -0.1) is 0 Å². The number of rotatable bonds is 7. The van der Waals surface area contributed by atoms with Gasteiger partial charge in [0.25, 0.3) is 0 Å². The van der Waals surface area contributed by atoms with Crippen LogP contribution in [0, 0.1) is 13.8 Å². The van der Waals surface area contributed by atoms with Gasteiger partial charge in [0.2, 0.25) is 5.91 Å². The van der Waals surface area contributed by atoms with Crippen molar-refractivity contribution in [3.05, 3.63) is 53.6 Å². The number of nitrogens with zero attached hydrogens (tertiary/aromatic N) is 3. The van der Waals surface area contributed by atoms with Crippen molar-refractivity contribution in [1.29, 1.82) is 0 Å². The molecule has 1 saturated heterocycles. The summed E-state index contributed by atoms with van der Waals surface area (Å²) in [6, 6.07) is 14.6. The van der Waals surface area contributed by atoms with Crippen molar-refractivity contribution in [2.24, 2.45) is 0 Å². The minimum atomic E-state index is -0.909. The molecular weight excluding hydrogens is 412 g/mol. The Balaban J connectivity index is 1.55. The number of hydrogen-bond acceptors (Lipinski definition) is 5. The number of aliphatic hydroxyl groups is 1. The van der Waals surface area contributed by atoms with Gasteiger partial charge in [-0.1, -0.05) is 50.1 Å². The number of carbonyl (C=O) groups excluding carboxylic acids is 1. The maximum absolute atomic E-state index is 12.3. The van der Waals surface area contributed by atoms with E-state index >= 15 is 0 Å². The van der Waals surface area contributed by atoms with Gasteiger partial charge in [0.05, 0.1) is 5.52 Å². The van der Waals surface area contributed by atoms with Crippen molar-refractivity contribution in [3.63, 3.8) is 0 Å². The molecule has 6 heteroatoms. The van der Waals surface area contributed by atoms with Crippen molar-refractivity contribution in [3.8, 4) is 11.4 Å². The first-order valence-corrected chi connectivity index (χ1v) is 12.0. The Bertz CT molecular complexity index is 1120. The highest BCUT2D eigenvalue weighted by Gasteiger charge is 2.25. The van der Waals surface area contributed by atoms with Gasteiger partial charge in [0, 0.05) is 30.1 Å². The lowest BCUT2D eigenvalue weighted by molar-refractivity contribution is -0.130. The van der Waals surface area contributed by atoms with E-state index in [1.165, 1.54) is 5.56 Å². The maximum Gasteiger partial charge on any atom is 0.249 e. The molecule has 0 bridgehead atoms. The van der Waals surface area contributed by atoms with E-state index in [9.17, 15) is 9.90 Å². The van der Waals surface area contributed by atoms with Crippen LogP contribution in [0.1, 0.15) is 50.2 Å². The van der Waals surface area contributed by atoms with E-state index in [2.05, 4.69) is 61.3 Å². The van der Waals surface area contributed by atoms with Crippen molar-refractivity contribution < 1.29 is 9.90 Å². The third kappa shape index (κ3) is 5.33. The van der Waals surface area contributed by atoms with Crippen LogP contribution in [0.5, 0.6) is 0 Å². The molecule has 1 aromatic heterocycles. The van der Waals surface area contributed by atoms with Crippen molar-refractivity contribution >= 4 is 22.6 Å². The fourth-order valence-electron chi connectivity index (χ4n) is 4.47. The van der Waals surface area contributed by atoms with Crippen molar-refractivity contribution in [2.75, 3.05) is 18.0 Å². The van der Waals surface area contributed by atoms with E-state index in [1.807, 2.05) is 12.1 Å². The number of unbranched alkanes of at least 4 members (excludes halogenated alkanes) is 1. The van der Waals surface area contributed by atoms with Crippen molar-refractivity contribution in [1.82, 2.24) is 15.3 Å². The third-order valence-electron chi connectivity index (χ3n) is 6.49. The molecule has 1 aliphatic rings. The smallest absolute Gasteiger partial charge is 0.249 e. The zero-order valence-corrected chi connectivity index (χ0v) is 19.8. The van der Waals surface area contributed by atoms with Crippen LogP contribution in [0.2, 0.25) is 0 Å². The van der Waals surface area contributed by atoms with E-state index in [0.717, 1.165) is 72.4 Å². The first-order valence-electron chi connectivity index (χ1n) is 12.0. The van der Waals surface area contributed by atoms with E-state index in [4.69, 9.17) is 9.97 Å². The lowest BCUT2D eigenvalue weighted by atomic mass is 10.0. The second-order valence-corrected chi connectivity index (χ2v) is 9.13. The molecule has 1 unspecified atom stereocenters. The lowest BCUT2D eigenvalue weighted by Crippen LogP contribution is -2.47. The highest BCUT2D eigenvalue weighted by Crippen LogP contribution is 2.31. The Labute approximate surface area is 196 Å². The molecule has 1 fully saturated rings. The zero-order valence-electron chi connectivity index (χ0n) is 19.8. The van der Waals surface area contributed by atoms with Gasteiger partial charge in [-0.25, -0.2) is 9.97 Å². The molecule has 174 valence electrons. The summed E-state index contributed by atoms with van der Waals surface area (Å²) in [5.74, 6) is 1.45. The topological polar surface area (TPSA) is 78.4 Å². The Kier molecular flexibility index (Phi) is 7.23. The molecule has 0 radical (unpaired) electrons. The predicted molar refractivity (Wildman–Crippen MR) is 133 cm³/mol. The number of carbonyl (C=O) groups is 1. The molecule has 0 spiro atoms. The second kappa shape index (κ2) is 10.3. The van der Waals surface area contributed by atoms with E-state index in [-0.39, 0.29) is 11.9 Å². The van der Waals surface area contributed by atoms with E-state index in [1.54, 1.807) is 0 Å². The van der Waals surface area contributed by atoms with Gasteiger partial charge in [-0.3, -0.25) is 4.79 Å². The zero-order chi connectivity index (χ0) is 23.4. The number of piperidine rings is 1. The number of nitrogens with one attached hydrogen (secondary N) is 1. The molecule has 2 N–H and O–H groups in total. The van der Waals surface area contributed by atoms with Crippen LogP contribution >= 0.6 is 0 Å². The Hall–Kier alpha value is -2.99. The summed E-state index contributed by atoms with van der Waals surface area (Å²) >= 11 is 0. The van der Waals surface area contributed by atoms with Crippen molar-refractivity contribution in [2.45, 2.75) is 65.0 Å². The van der Waals surface area contributed by atoms with Crippen LogP contribution in [0.15, 0.2) is 42.5 Å². The normalized spacial score (nSPS) is 15.6. The molecular formula is C27H34N4O2. The van der Waals surface area contributed by atoms with Gasteiger partial charge >= 0.3 is 0 Å². The number of amides is 1. The summed E-state index contributed by atoms with van der Waals surface area (Å²) in [4.78, 5) is 24.5. The average molecular weight is 447 g/mol. The molecule has 0 saturated carbocycles. The monoisotopic (exact) mass is 446 g/mol. The number of anilines is 1. The molecule has 2 aromatic carbocycles. The van der Waals surface area contributed by atoms with Crippen LogP contribution in [-0.2, 0) is 4.79 Å². The lowest BCUT2D eigenvalue weighted by Gasteiger charge is -2.34. The fraction of sp³-hybridized carbons (Fsp3) is 0.444. The molecule has 1 atom stereocenters. The number of benzene rings is 2. The van der Waals surface area contributed by atoms with Crippen LogP contribution in [0.4, 0.5) is 5.82 Å². The summed E-state index contributed by atoms with van der Waals surface area (Å²) in [7, 11) is 0. The quantitative estimate of drug-likeness (QED) is 0.557. The SMILES string of the molecule is CCCCC(O)C(=O)NC1CCN(c2nc(-c3ccccc3C)nc3cc(C)ccc23)CC1. The molecule has 0 aliphatic carbocycles. The highest BCUT2D eigenvalue weighted by atomic mass is 16.3. The summed E-state index contributed by atoms with van der Waals surface area (Å²) in [6.45, 7) is 7.81. The van der Waals surface area contributed by atoms with E-state index < -0.39 is 6.10 Å². The van der Waals surface area contributed by atoms with Gasteiger partial charge in [-0.2, -0.15) is 0 Å². The second-order valence-electron chi connectivity index (χ2n) is 9.13. The Morgan fingerprint density at radius 2 is 1.91 bits per heavy atom. The molecule has 3 aromatic rings. The summed E-state index contributed by atoms with van der Waals surface area (Å²) in [5, 5.41) is 14.2. The predicted octanol–water partition coefficient (Wildman–Crippen LogP) is 4.55. The minimum absolute atomic E-state index is 0.0798. The molecule has 4 rings (SSSR count). The molecule has 1 aliphatic heterocycles. The van der Waals surface area contributed by atoms with Gasteiger partial charge < -0.3 is 15.3 Å². The summed E-state index contributed by atoms with van der Waals surface area (Å²) in [6.07, 6.45) is 3.09. The Morgan fingerprint density at radius 1 is 1.15 bits per heavy atom. The number of aliphatic hydroxyl groups excluding tert-OH is 1. The molecule has 1 amide bonds. The first-order chi connectivity index (χ1) is 16.0. The minimum Gasteiger partial charge on any atom is -0.383 e. The Morgan fingerprint density at radius 3 is 2.64 bits per heavy atom. The van der Waals surface area contributed by atoms with Crippen LogP contribution < -0.4 is 10.2 Å². The van der Waals surface area contributed by atoms with Gasteiger partial charge in [0.15, 0.2) is 5.82 Å². The number of hydrogen-bond donors (Lipinski definition) is 2. The maximum atomic E-state index is 12.3. The highest BCUT2D eigenvalue weighted by molar-refractivity contribution is 5.91. The molecule has 2 heterocycles. The fourth-order valence-corrected chi connectivity index (χ4v) is 4.47. The van der Waals surface area contributed by atoms with Crippen LogP contribution in [0.3, 0.4) is 0 Å². The van der Waals surface area contributed by atoms with Crippen LogP contribution in [0.25, 0.3) is 22.3 Å².